The second kappa shape index (κ2) is 3.91. The minimum Gasteiger partial charge on any atom is -0.0619 e. The van der Waals surface area contributed by atoms with E-state index in [1.54, 1.807) is 0 Å². The number of hydrogen-bond donors (Lipinski definition) is 0. The quantitative estimate of drug-likeness (QED) is 0.349. The fraction of sp³-hybridized carbons (Fsp3) is 0.0435. The molecular formula is C23H14. The summed E-state index contributed by atoms with van der Waals surface area (Å²) in [6.07, 6.45) is 2.39. The fourth-order valence-electron chi connectivity index (χ4n) is 4.56. The van der Waals surface area contributed by atoms with Crippen LogP contribution in [0.15, 0.2) is 72.8 Å². The molecule has 106 valence electrons. The Bertz CT molecular complexity index is 1160. The normalized spacial score (nSPS) is 17.4. The molecule has 0 nitrogen and oxygen atoms in total. The lowest BCUT2D eigenvalue weighted by molar-refractivity contribution is 1.08. The van der Waals surface area contributed by atoms with Gasteiger partial charge in [-0.25, -0.2) is 0 Å². The van der Waals surface area contributed by atoms with Crippen molar-refractivity contribution in [3.8, 4) is 0 Å². The van der Waals surface area contributed by atoms with Crippen LogP contribution >= 0.6 is 0 Å². The predicted octanol–water partition coefficient (Wildman–Crippen LogP) is 5.99. The van der Waals surface area contributed by atoms with Crippen LogP contribution in [0, 0.1) is 0 Å². The Morgan fingerprint density at radius 2 is 1.30 bits per heavy atom. The summed E-state index contributed by atoms with van der Waals surface area (Å²) < 4.78 is 0. The van der Waals surface area contributed by atoms with Crippen LogP contribution in [0.2, 0.25) is 0 Å². The van der Waals surface area contributed by atoms with Crippen molar-refractivity contribution in [2.75, 3.05) is 0 Å². The Morgan fingerprint density at radius 3 is 2.22 bits per heavy atom. The van der Waals surface area contributed by atoms with Crippen molar-refractivity contribution in [3.63, 3.8) is 0 Å². The van der Waals surface area contributed by atoms with E-state index in [1.807, 2.05) is 0 Å². The highest BCUT2D eigenvalue weighted by Crippen LogP contribution is 2.53. The van der Waals surface area contributed by atoms with Gasteiger partial charge in [0.15, 0.2) is 0 Å². The van der Waals surface area contributed by atoms with Crippen LogP contribution in [0.25, 0.3) is 33.2 Å². The third kappa shape index (κ3) is 1.33. The Hall–Kier alpha value is -2.86. The van der Waals surface area contributed by atoms with Crippen LogP contribution in [0.4, 0.5) is 0 Å². The molecule has 0 heteroatoms. The summed E-state index contributed by atoms with van der Waals surface area (Å²) >= 11 is 0. The molecule has 0 amide bonds. The van der Waals surface area contributed by atoms with Crippen LogP contribution in [-0.4, -0.2) is 0 Å². The lowest BCUT2D eigenvalue weighted by atomic mass is 9.76. The van der Waals surface area contributed by atoms with Gasteiger partial charge in [-0.3, -0.25) is 0 Å². The van der Waals surface area contributed by atoms with Gasteiger partial charge in [0.2, 0.25) is 0 Å². The number of benzene rings is 4. The third-order valence-electron chi connectivity index (χ3n) is 5.47. The van der Waals surface area contributed by atoms with Gasteiger partial charge in [0, 0.05) is 5.92 Å². The number of rotatable bonds is 0. The van der Waals surface area contributed by atoms with Gasteiger partial charge in [0.25, 0.3) is 0 Å². The summed E-state index contributed by atoms with van der Waals surface area (Å²) in [5.41, 5.74) is 7.15. The van der Waals surface area contributed by atoms with E-state index in [9.17, 15) is 0 Å². The zero-order chi connectivity index (χ0) is 15.0. The molecule has 2 aliphatic rings. The minimum atomic E-state index is 0.385. The molecule has 0 heterocycles. The van der Waals surface area contributed by atoms with Crippen LogP contribution in [0.3, 0.4) is 0 Å². The van der Waals surface area contributed by atoms with Crippen molar-refractivity contribution in [1.82, 2.24) is 0 Å². The first-order chi connectivity index (χ1) is 11.4. The van der Waals surface area contributed by atoms with Crippen molar-refractivity contribution in [1.29, 1.82) is 0 Å². The van der Waals surface area contributed by atoms with Gasteiger partial charge in [-0.1, -0.05) is 72.8 Å². The number of hydrogen-bond acceptors (Lipinski definition) is 0. The molecule has 1 atom stereocenters. The monoisotopic (exact) mass is 290 g/mol. The molecule has 0 saturated carbocycles. The average Bonchev–Trinajstić information content (AvgIpc) is 3.00. The van der Waals surface area contributed by atoms with Gasteiger partial charge in [-0.15, -0.1) is 0 Å². The van der Waals surface area contributed by atoms with E-state index in [0.29, 0.717) is 5.92 Å². The minimum absolute atomic E-state index is 0.385. The smallest absolute Gasteiger partial charge is 0.0358 e. The van der Waals surface area contributed by atoms with Gasteiger partial charge in [-0.05, 0) is 55.4 Å². The number of allylic oxidation sites excluding steroid dienone is 1. The summed E-state index contributed by atoms with van der Waals surface area (Å²) in [5, 5.41) is 5.57. The van der Waals surface area contributed by atoms with Gasteiger partial charge in [-0.2, -0.15) is 0 Å². The predicted molar refractivity (Wildman–Crippen MR) is 97.6 cm³/mol. The van der Waals surface area contributed by atoms with Crippen molar-refractivity contribution < 1.29 is 0 Å². The first kappa shape index (κ1) is 11.7. The summed E-state index contributed by atoms with van der Waals surface area (Å²) in [7, 11) is 0. The van der Waals surface area contributed by atoms with E-state index in [0.717, 1.165) is 0 Å². The molecule has 4 aromatic carbocycles. The van der Waals surface area contributed by atoms with Gasteiger partial charge < -0.3 is 0 Å². The lowest BCUT2D eigenvalue weighted by Gasteiger charge is -2.27. The molecule has 4 aromatic rings. The highest BCUT2D eigenvalue weighted by Gasteiger charge is 2.33. The summed E-state index contributed by atoms with van der Waals surface area (Å²) in [6.45, 7) is 0. The molecule has 0 radical (unpaired) electrons. The van der Waals surface area contributed by atoms with Gasteiger partial charge in [0.05, 0.1) is 0 Å². The van der Waals surface area contributed by atoms with E-state index in [2.05, 4.69) is 78.9 Å². The lowest BCUT2D eigenvalue weighted by Crippen LogP contribution is -2.07. The second-order valence-electron chi connectivity index (χ2n) is 6.58. The first-order valence-electron chi connectivity index (χ1n) is 8.17. The van der Waals surface area contributed by atoms with Crippen molar-refractivity contribution in [2.24, 2.45) is 0 Å². The molecule has 1 unspecified atom stereocenters. The fourth-order valence-corrected chi connectivity index (χ4v) is 4.56. The third-order valence-corrected chi connectivity index (χ3v) is 5.47. The standard InChI is InChI=1S/C23H14/c1-2-8-17-16(5-1)13-20-18-9-3-6-14-11-12-15-7-4-10-19(23(17)20)22(15)21(14)18/h1-13,23H. The Kier molecular flexibility index (Phi) is 1.98. The highest BCUT2D eigenvalue weighted by molar-refractivity contribution is 6.19. The van der Waals surface area contributed by atoms with Gasteiger partial charge in [0.1, 0.15) is 0 Å². The maximum Gasteiger partial charge on any atom is 0.0358 e. The second-order valence-corrected chi connectivity index (χ2v) is 6.58. The Balaban J connectivity index is 1.89. The van der Waals surface area contributed by atoms with Crippen LogP contribution in [0.5, 0.6) is 0 Å². The zero-order valence-electron chi connectivity index (χ0n) is 12.6. The molecule has 0 N–H and O–H groups in total. The Labute approximate surface area is 134 Å². The largest absolute Gasteiger partial charge is 0.0619 e. The summed E-state index contributed by atoms with van der Waals surface area (Å²) in [4.78, 5) is 0. The molecule has 0 fully saturated rings. The SMILES string of the molecule is C1=C2c3cccc4ccc5cccc(c5c34)C2c2ccccc21. The Morgan fingerprint density at radius 1 is 0.565 bits per heavy atom. The maximum atomic E-state index is 2.39. The topological polar surface area (TPSA) is 0 Å². The van der Waals surface area contributed by atoms with E-state index >= 15 is 0 Å². The molecule has 0 bridgehead atoms. The van der Waals surface area contributed by atoms with E-state index < -0.39 is 0 Å². The highest BCUT2D eigenvalue weighted by atomic mass is 14.4. The number of fused-ring (bicyclic) bond motifs is 5. The van der Waals surface area contributed by atoms with Crippen LogP contribution < -0.4 is 0 Å². The molecule has 0 spiro atoms. The molecule has 0 saturated heterocycles. The van der Waals surface area contributed by atoms with Crippen LogP contribution in [-0.2, 0) is 0 Å². The van der Waals surface area contributed by atoms with Crippen LogP contribution in [0.1, 0.15) is 28.2 Å². The summed E-state index contributed by atoms with van der Waals surface area (Å²) in [5.74, 6) is 0.385. The maximum absolute atomic E-state index is 2.39. The van der Waals surface area contributed by atoms with Crippen molar-refractivity contribution in [3.05, 3.63) is 95.1 Å². The van der Waals surface area contributed by atoms with Crippen molar-refractivity contribution in [2.45, 2.75) is 5.92 Å². The molecule has 2 aliphatic carbocycles. The first-order valence-corrected chi connectivity index (χ1v) is 8.17. The van der Waals surface area contributed by atoms with E-state index in [1.165, 1.54) is 49.4 Å². The summed E-state index contributed by atoms with van der Waals surface area (Å²) in [6, 6.07) is 26.8. The molecule has 0 aliphatic heterocycles. The van der Waals surface area contributed by atoms with Gasteiger partial charge >= 0.3 is 0 Å². The van der Waals surface area contributed by atoms with E-state index in [4.69, 9.17) is 0 Å². The zero-order valence-corrected chi connectivity index (χ0v) is 12.6. The molecule has 0 aromatic heterocycles. The molecule has 6 rings (SSSR count). The molecule has 23 heavy (non-hydrogen) atoms. The van der Waals surface area contributed by atoms with E-state index in [-0.39, 0.29) is 0 Å². The van der Waals surface area contributed by atoms with Crippen molar-refractivity contribution >= 4 is 33.2 Å². The molecular weight excluding hydrogens is 276 g/mol. The average molecular weight is 290 g/mol.